The van der Waals surface area contributed by atoms with E-state index in [9.17, 15) is 9.59 Å². The molecule has 0 bridgehead atoms. The minimum Gasteiger partial charge on any atom is -0.481 e. The number of carbonyl (C=O) groups excluding carboxylic acids is 1. The number of carboxylic acids is 1. The van der Waals surface area contributed by atoms with E-state index in [1.807, 2.05) is 12.1 Å². The van der Waals surface area contributed by atoms with Crippen molar-refractivity contribution in [2.75, 3.05) is 25.0 Å². The van der Waals surface area contributed by atoms with Gasteiger partial charge in [-0.15, -0.1) is 0 Å². The van der Waals surface area contributed by atoms with Crippen LogP contribution in [0, 0.1) is 5.92 Å². The van der Waals surface area contributed by atoms with Gasteiger partial charge in [-0.3, -0.25) is 9.59 Å². The van der Waals surface area contributed by atoms with Gasteiger partial charge in [0.1, 0.15) is 0 Å². The summed E-state index contributed by atoms with van der Waals surface area (Å²) in [6.45, 7) is 1.23. The fourth-order valence-electron chi connectivity index (χ4n) is 2.23. The molecule has 6 heteroatoms. The van der Waals surface area contributed by atoms with Gasteiger partial charge in [0.05, 0.1) is 12.5 Å². The topological polar surface area (TPSA) is 69.6 Å². The van der Waals surface area contributed by atoms with Gasteiger partial charge in [-0.2, -0.15) is 0 Å². The van der Waals surface area contributed by atoms with Gasteiger partial charge in [-0.05, 0) is 37.1 Å². The molecule has 0 aliphatic carbocycles. The molecule has 1 saturated heterocycles. The lowest BCUT2D eigenvalue weighted by molar-refractivity contribution is -0.145. The van der Waals surface area contributed by atoms with Crippen LogP contribution >= 0.6 is 11.6 Å². The van der Waals surface area contributed by atoms with Crippen LogP contribution in [-0.2, 0) is 9.59 Å². The van der Waals surface area contributed by atoms with E-state index in [1.165, 1.54) is 0 Å². The zero-order valence-electron chi connectivity index (χ0n) is 11.0. The largest absolute Gasteiger partial charge is 0.481 e. The van der Waals surface area contributed by atoms with Crippen molar-refractivity contribution in [1.82, 2.24) is 4.90 Å². The maximum atomic E-state index is 12.0. The smallest absolute Gasteiger partial charge is 0.306 e. The van der Waals surface area contributed by atoms with Crippen molar-refractivity contribution < 1.29 is 14.7 Å². The molecule has 1 aliphatic rings. The molecule has 1 amide bonds. The van der Waals surface area contributed by atoms with E-state index in [1.54, 1.807) is 17.0 Å². The molecule has 1 aromatic carbocycles. The van der Waals surface area contributed by atoms with Crippen LogP contribution in [0.15, 0.2) is 24.3 Å². The molecule has 0 atom stereocenters. The molecule has 1 aromatic rings. The lowest BCUT2D eigenvalue weighted by Crippen LogP contribution is -2.42. The number of anilines is 1. The molecule has 1 heterocycles. The minimum atomic E-state index is -0.767. The van der Waals surface area contributed by atoms with E-state index in [4.69, 9.17) is 16.7 Å². The normalized spacial score (nSPS) is 15.9. The van der Waals surface area contributed by atoms with E-state index in [0.29, 0.717) is 31.0 Å². The highest BCUT2D eigenvalue weighted by molar-refractivity contribution is 6.30. The first-order valence-corrected chi connectivity index (χ1v) is 6.94. The highest BCUT2D eigenvalue weighted by atomic mass is 35.5. The minimum absolute atomic E-state index is 0.0104. The third-order valence-electron chi connectivity index (χ3n) is 3.48. The Hall–Kier alpha value is -1.75. The Bertz CT molecular complexity index is 482. The number of aliphatic carboxylic acids is 1. The summed E-state index contributed by atoms with van der Waals surface area (Å²) in [7, 11) is 0. The van der Waals surface area contributed by atoms with Crippen LogP contribution in [0.5, 0.6) is 0 Å². The first kappa shape index (κ1) is 14.7. The molecule has 0 radical (unpaired) electrons. The maximum Gasteiger partial charge on any atom is 0.306 e. The fourth-order valence-corrected chi connectivity index (χ4v) is 2.36. The first-order valence-electron chi connectivity index (χ1n) is 6.56. The first-order chi connectivity index (χ1) is 9.56. The van der Waals surface area contributed by atoms with E-state index in [-0.39, 0.29) is 18.4 Å². The summed E-state index contributed by atoms with van der Waals surface area (Å²) >= 11 is 5.78. The van der Waals surface area contributed by atoms with Crippen molar-refractivity contribution in [3.05, 3.63) is 29.3 Å². The number of benzene rings is 1. The van der Waals surface area contributed by atoms with Crippen molar-refractivity contribution in [1.29, 1.82) is 0 Å². The maximum absolute atomic E-state index is 12.0. The molecule has 2 N–H and O–H groups in total. The SMILES string of the molecule is O=C(O)C1CCN(C(=O)CNc2ccc(Cl)cc2)CC1. The predicted molar refractivity (Wildman–Crippen MR) is 76.9 cm³/mol. The predicted octanol–water partition coefficient (Wildman–Crippen LogP) is 2.08. The highest BCUT2D eigenvalue weighted by Crippen LogP contribution is 2.18. The number of nitrogens with zero attached hydrogens (tertiary/aromatic N) is 1. The zero-order valence-corrected chi connectivity index (χ0v) is 11.8. The summed E-state index contributed by atoms with van der Waals surface area (Å²) in [4.78, 5) is 24.6. The van der Waals surface area contributed by atoms with Gasteiger partial charge in [0, 0.05) is 23.8 Å². The molecular formula is C14H17ClN2O3. The summed E-state index contributed by atoms with van der Waals surface area (Å²) in [6, 6.07) is 7.14. The number of likely N-dealkylation sites (tertiary alicyclic amines) is 1. The molecule has 5 nitrogen and oxygen atoms in total. The fraction of sp³-hybridized carbons (Fsp3) is 0.429. The molecule has 20 heavy (non-hydrogen) atoms. The zero-order chi connectivity index (χ0) is 14.5. The Balaban J connectivity index is 1.78. The monoisotopic (exact) mass is 296 g/mol. The quantitative estimate of drug-likeness (QED) is 0.892. The third-order valence-corrected chi connectivity index (χ3v) is 3.74. The van der Waals surface area contributed by atoms with E-state index < -0.39 is 5.97 Å². The summed E-state index contributed by atoms with van der Waals surface area (Å²) in [5.41, 5.74) is 0.836. The van der Waals surface area contributed by atoms with Gasteiger partial charge in [0.25, 0.3) is 0 Å². The number of halogens is 1. The van der Waals surface area contributed by atoms with Crippen LogP contribution < -0.4 is 5.32 Å². The van der Waals surface area contributed by atoms with Crippen LogP contribution in [0.1, 0.15) is 12.8 Å². The second-order valence-corrected chi connectivity index (χ2v) is 5.29. The van der Waals surface area contributed by atoms with Crippen LogP contribution in [0.2, 0.25) is 5.02 Å². The lowest BCUT2D eigenvalue weighted by Gasteiger charge is -2.30. The molecule has 0 aromatic heterocycles. The van der Waals surface area contributed by atoms with Crippen molar-refractivity contribution in [2.45, 2.75) is 12.8 Å². The third kappa shape index (κ3) is 3.87. The average molecular weight is 297 g/mol. The van der Waals surface area contributed by atoms with Gasteiger partial charge in [-0.1, -0.05) is 11.6 Å². The van der Waals surface area contributed by atoms with Crippen molar-refractivity contribution in [3.63, 3.8) is 0 Å². The number of hydrogen-bond donors (Lipinski definition) is 2. The summed E-state index contributed by atoms with van der Waals surface area (Å²) in [5, 5.41) is 12.6. The Morgan fingerprint density at radius 3 is 2.40 bits per heavy atom. The van der Waals surface area contributed by atoms with Gasteiger partial charge in [0.15, 0.2) is 0 Å². The Kier molecular flexibility index (Phi) is 4.84. The second-order valence-electron chi connectivity index (χ2n) is 4.85. The summed E-state index contributed by atoms with van der Waals surface area (Å²) < 4.78 is 0. The van der Waals surface area contributed by atoms with Crippen LogP contribution in [0.4, 0.5) is 5.69 Å². The van der Waals surface area contributed by atoms with Crippen LogP contribution in [0.25, 0.3) is 0 Å². The molecule has 2 rings (SSSR count). The van der Waals surface area contributed by atoms with Crippen molar-refractivity contribution in [2.24, 2.45) is 5.92 Å². The highest BCUT2D eigenvalue weighted by Gasteiger charge is 2.26. The molecule has 1 fully saturated rings. The number of carboxylic acid groups (broad SMARTS) is 1. The van der Waals surface area contributed by atoms with Crippen LogP contribution in [-0.4, -0.2) is 41.5 Å². The Morgan fingerprint density at radius 1 is 1.25 bits per heavy atom. The molecule has 0 spiro atoms. The molecule has 0 saturated carbocycles. The Morgan fingerprint density at radius 2 is 1.85 bits per heavy atom. The number of nitrogens with one attached hydrogen (secondary N) is 1. The van der Waals surface area contributed by atoms with E-state index >= 15 is 0 Å². The summed E-state index contributed by atoms with van der Waals surface area (Å²) in [6.07, 6.45) is 1.06. The van der Waals surface area contributed by atoms with Gasteiger partial charge >= 0.3 is 5.97 Å². The number of carbonyl (C=O) groups is 2. The van der Waals surface area contributed by atoms with E-state index in [2.05, 4.69) is 5.32 Å². The van der Waals surface area contributed by atoms with Gasteiger partial charge < -0.3 is 15.3 Å². The van der Waals surface area contributed by atoms with Gasteiger partial charge in [0.2, 0.25) is 5.91 Å². The number of piperidine rings is 1. The van der Waals surface area contributed by atoms with Crippen molar-refractivity contribution >= 4 is 29.2 Å². The number of rotatable bonds is 4. The number of amides is 1. The molecule has 0 unspecified atom stereocenters. The summed E-state index contributed by atoms with van der Waals surface area (Å²) in [5.74, 6) is -1.09. The number of hydrogen-bond acceptors (Lipinski definition) is 3. The standard InChI is InChI=1S/C14H17ClN2O3/c15-11-1-3-12(4-2-11)16-9-13(18)17-7-5-10(6-8-17)14(19)20/h1-4,10,16H,5-9H2,(H,19,20). The van der Waals surface area contributed by atoms with Gasteiger partial charge in [-0.25, -0.2) is 0 Å². The molecule has 1 aliphatic heterocycles. The van der Waals surface area contributed by atoms with E-state index in [0.717, 1.165) is 5.69 Å². The Labute approximate surface area is 122 Å². The average Bonchev–Trinajstić information content (AvgIpc) is 2.46. The second kappa shape index (κ2) is 6.61. The molecule has 108 valence electrons. The lowest BCUT2D eigenvalue weighted by atomic mass is 9.97. The molecular weight excluding hydrogens is 280 g/mol. The van der Waals surface area contributed by atoms with Crippen molar-refractivity contribution in [3.8, 4) is 0 Å². The van der Waals surface area contributed by atoms with Crippen LogP contribution in [0.3, 0.4) is 0 Å².